The minimum atomic E-state index is -4.20. The van der Waals surface area contributed by atoms with Gasteiger partial charge in [0, 0.05) is 0 Å². The highest BCUT2D eigenvalue weighted by molar-refractivity contribution is 7.99. The van der Waals surface area contributed by atoms with Crippen molar-refractivity contribution in [1.82, 2.24) is 0 Å². The lowest BCUT2D eigenvalue weighted by atomic mass is 10.7. The number of alkyl halides is 3. The first-order valence-electron chi connectivity index (χ1n) is 2.67. The van der Waals surface area contributed by atoms with Crippen LogP contribution in [0.25, 0.3) is 0 Å². The molecule has 0 saturated carbocycles. The van der Waals surface area contributed by atoms with E-state index in [0.717, 1.165) is 0 Å². The van der Waals surface area contributed by atoms with E-state index in [1.165, 1.54) is 11.8 Å². The molecule has 0 rings (SSSR count). The molecule has 1 nitrogen and oxygen atoms in total. The smallest absolute Gasteiger partial charge is 0.358 e. The average Bonchev–Trinajstić information content (AvgIpc) is 1.81. The molecule has 10 heavy (non-hydrogen) atoms. The van der Waals surface area contributed by atoms with Gasteiger partial charge in [0.2, 0.25) is 0 Å². The first-order valence-corrected chi connectivity index (χ1v) is 3.95. The summed E-state index contributed by atoms with van der Waals surface area (Å²) in [4.78, 5) is 0. The van der Waals surface area contributed by atoms with Gasteiger partial charge in [-0.05, 0) is 13.2 Å². The molecule has 0 aromatic carbocycles. The number of ether oxygens (including phenoxy) is 1. The predicted molar refractivity (Wildman–Crippen MR) is 35.0 cm³/mol. The summed E-state index contributed by atoms with van der Waals surface area (Å²) in [5.74, 6) is 0. The van der Waals surface area contributed by atoms with E-state index < -0.39 is 12.8 Å². The van der Waals surface area contributed by atoms with Crippen LogP contribution in [0.15, 0.2) is 0 Å². The van der Waals surface area contributed by atoms with Crippen LogP contribution < -0.4 is 0 Å². The van der Waals surface area contributed by atoms with Crippen LogP contribution in [0.5, 0.6) is 0 Å². The van der Waals surface area contributed by atoms with Gasteiger partial charge in [-0.1, -0.05) is 0 Å². The van der Waals surface area contributed by atoms with Gasteiger partial charge < -0.3 is 4.74 Å². The number of halogens is 3. The summed E-state index contributed by atoms with van der Waals surface area (Å²) >= 11 is 1.24. The summed E-state index contributed by atoms with van der Waals surface area (Å²) in [5.41, 5.74) is -0.387. The third-order valence-electron chi connectivity index (χ3n) is 0.814. The fraction of sp³-hybridized carbons (Fsp3) is 1.00. The van der Waals surface area contributed by atoms with Gasteiger partial charge in [-0.25, -0.2) is 0 Å². The van der Waals surface area contributed by atoms with Crippen LogP contribution in [-0.4, -0.2) is 24.5 Å². The summed E-state index contributed by atoms with van der Waals surface area (Å²) in [7, 11) is 0. The lowest BCUT2D eigenvalue weighted by Gasteiger charge is -2.11. The van der Waals surface area contributed by atoms with Crippen molar-refractivity contribution in [3.8, 4) is 0 Å². The molecular formula is C5H9F3OS. The molecule has 5 heteroatoms. The van der Waals surface area contributed by atoms with Crippen molar-refractivity contribution < 1.29 is 17.9 Å². The minimum absolute atomic E-state index is 0.387. The van der Waals surface area contributed by atoms with Crippen LogP contribution in [0, 0.1) is 0 Å². The monoisotopic (exact) mass is 174 g/mol. The van der Waals surface area contributed by atoms with E-state index in [-0.39, 0.29) is 5.44 Å². The van der Waals surface area contributed by atoms with Crippen LogP contribution in [0.1, 0.15) is 6.92 Å². The zero-order chi connectivity index (χ0) is 8.20. The molecule has 0 spiro atoms. The molecule has 0 N–H and O–H groups in total. The van der Waals surface area contributed by atoms with Gasteiger partial charge in [-0.15, -0.1) is 11.8 Å². The highest BCUT2D eigenvalue weighted by Crippen LogP contribution is 2.17. The van der Waals surface area contributed by atoms with Crippen molar-refractivity contribution in [3.05, 3.63) is 0 Å². The lowest BCUT2D eigenvalue weighted by molar-refractivity contribution is -0.175. The fourth-order valence-corrected chi connectivity index (χ4v) is 0.484. The Morgan fingerprint density at radius 2 is 2.00 bits per heavy atom. The first-order chi connectivity index (χ1) is 4.45. The zero-order valence-electron chi connectivity index (χ0n) is 5.73. The van der Waals surface area contributed by atoms with E-state index in [2.05, 4.69) is 4.74 Å². The highest BCUT2D eigenvalue weighted by Gasteiger charge is 2.28. The maximum absolute atomic E-state index is 11.4. The van der Waals surface area contributed by atoms with Gasteiger partial charge in [-0.3, -0.25) is 0 Å². The van der Waals surface area contributed by atoms with Crippen molar-refractivity contribution in [1.29, 1.82) is 0 Å². The van der Waals surface area contributed by atoms with Gasteiger partial charge in [0.15, 0.2) is 0 Å². The van der Waals surface area contributed by atoms with E-state index in [1.54, 1.807) is 13.2 Å². The predicted octanol–water partition coefficient (Wildman–Crippen LogP) is 2.27. The molecule has 62 valence electrons. The van der Waals surface area contributed by atoms with Crippen molar-refractivity contribution in [2.75, 3.05) is 12.9 Å². The third kappa shape index (κ3) is 6.22. The standard InChI is InChI=1S/C5H9F3OS/c1-4(10-2)9-3-5(6,7)8/h4H,3H2,1-2H3. The lowest BCUT2D eigenvalue weighted by Crippen LogP contribution is -2.19. The summed E-state index contributed by atoms with van der Waals surface area (Å²) in [6.45, 7) is 0.422. The number of thioether (sulfide) groups is 1. The van der Waals surface area contributed by atoms with Gasteiger partial charge >= 0.3 is 6.18 Å². The molecule has 0 radical (unpaired) electrons. The van der Waals surface area contributed by atoms with Crippen molar-refractivity contribution in [2.24, 2.45) is 0 Å². The fourth-order valence-electron chi connectivity index (χ4n) is 0.280. The quantitative estimate of drug-likeness (QED) is 0.607. The van der Waals surface area contributed by atoms with E-state index in [0.29, 0.717) is 0 Å². The molecule has 0 amide bonds. The summed E-state index contributed by atoms with van der Waals surface area (Å²) in [6, 6.07) is 0. The van der Waals surface area contributed by atoms with Gasteiger partial charge in [0.05, 0.1) is 0 Å². The Labute approximate surface area is 61.9 Å². The third-order valence-corrected chi connectivity index (χ3v) is 1.61. The maximum Gasteiger partial charge on any atom is 0.411 e. The van der Waals surface area contributed by atoms with Crippen LogP contribution >= 0.6 is 11.8 Å². The van der Waals surface area contributed by atoms with E-state index in [9.17, 15) is 13.2 Å². The van der Waals surface area contributed by atoms with Crippen LogP contribution in [0.4, 0.5) is 13.2 Å². The second-order valence-corrected chi connectivity index (χ2v) is 2.86. The molecule has 0 fully saturated rings. The number of hydrogen-bond donors (Lipinski definition) is 0. The minimum Gasteiger partial charge on any atom is -0.358 e. The van der Waals surface area contributed by atoms with E-state index >= 15 is 0 Å². The highest BCUT2D eigenvalue weighted by atomic mass is 32.2. The first kappa shape index (κ1) is 10.1. The normalized spacial score (nSPS) is 15.3. The van der Waals surface area contributed by atoms with Crippen molar-refractivity contribution in [2.45, 2.75) is 18.5 Å². The molecule has 1 atom stereocenters. The Bertz CT molecular complexity index is 93.4. The second kappa shape index (κ2) is 4.08. The zero-order valence-corrected chi connectivity index (χ0v) is 6.55. The Morgan fingerprint density at radius 1 is 1.50 bits per heavy atom. The van der Waals surface area contributed by atoms with E-state index in [1.807, 2.05) is 0 Å². The van der Waals surface area contributed by atoms with Gasteiger partial charge in [0.1, 0.15) is 12.0 Å². The van der Waals surface area contributed by atoms with Crippen LogP contribution in [0.2, 0.25) is 0 Å². The molecule has 1 unspecified atom stereocenters. The summed E-state index contributed by atoms with van der Waals surface area (Å²) in [5, 5.41) is 0. The summed E-state index contributed by atoms with van der Waals surface area (Å²) in [6.07, 6.45) is -2.51. The van der Waals surface area contributed by atoms with Gasteiger partial charge in [0.25, 0.3) is 0 Å². The maximum atomic E-state index is 11.4. The van der Waals surface area contributed by atoms with Crippen LogP contribution in [-0.2, 0) is 4.74 Å². The van der Waals surface area contributed by atoms with Crippen molar-refractivity contribution in [3.63, 3.8) is 0 Å². The Morgan fingerprint density at radius 3 is 2.30 bits per heavy atom. The summed E-state index contributed by atoms with van der Waals surface area (Å²) < 4.78 is 38.6. The molecule has 0 aliphatic carbocycles. The second-order valence-electron chi connectivity index (χ2n) is 1.73. The molecule has 0 bridgehead atoms. The Hall–Kier alpha value is 0.100. The molecule has 0 aliphatic heterocycles. The molecular weight excluding hydrogens is 165 g/mol. The molecule has 0 aromatic rings. The van der Waals surface area contributed by atoms with E-state index in [4.69, 9.17) is 0 Å². The molecule has 0 aromatic heterocycles. The number of rotatable bonds is 3. The largest absolute Gasteiger partial charge is 0.411 e. The molecule has 0 aliphatic rings. The number of hydrogen-bond acceptors (Lipinski definition) is 2. The van der Waals surface area contributed by atoms with Crippen molar-refractivity contribution >= 4 is 11.8 Å². The average molecular weight is 174 g/mol. The molecule has 0 heterocycles. The van der Waals surface area contributed by atoms with Crippen LogP contribution in [0.3, 0.4) is 0 Å². The topological polar surface area (TPSA) is 9.23 Å². The van der Waals surface area contributed by atoms with Gasteiger partial charge in [-0.2, -0.15) is 13.2 Å². The SMILES string of the molecule is CSC(C)OCC(F)(F)F. The molecule has 0 saturated heterocycles. The Balaban J connectivity index is 3.36. The Kier molecular flexibility index (Phi) is 4.12.